The predicted octanol–water partition coefficient (Wildman–Crippen LogP) is 2.21. The van der Waals surface area contributed by atoms with E-state index in [1.165, 1.54) is 24.1 Å². The number of nitrogens with zero attached hydrogens (tertiary/aromatic N) is 2. The van der Waals surface area contributed by atoms with Crippen LogP contribution in [0.1, 0.15) is 19.4 Å². The van der Waals surface area contributed by atoms with Crippen LogP contribution in [0.2, 0.25) is 0 Å². The van der Waals surface area contributed by atoms with Gasteiger partial charge in [0.05, 0.1) is 24.0 Å². The van der Waals surface area contributed by atoms with Gasteiger partial charge in [-0.05, 0) is 61.9 Å². The molecule has 0 atom stereocenters. The molecule has 2 aromatic rings. The van der Waals surface area contributed by atoms with E-state index in [0.29, 0.717) is 22.7 Å². The molecule has 1 aliphatic heterocycles. The number of carbonyl (C=O) groups is 2. The van der Waals surface area contributed by atoms with Crippen molar-refractivity contribution in [1.82, 2.24) is 4.31 Å². The summed E-state index contributed by atoms with van der Waals surface area (Å²) in [6.07, 6.45) is 0. The lowest BCUT2D eigenvalue weighted by Crippen LogP contribution is -2.35. The summed E-state index contributed by atoms with van der Waals surface area (Å²) >= 11 is 0. The fourth-order valence-corrected chi connectivity index (χ4v) is 4.61. The third-order valence-electron chi connectivity index (χ3n) is 5.29. The third-order valence-corrected chi connectivity index (χ3v) is 7.09. The summed E-state index contributed by atoms with van der Waals surface area (Å²) < 4.78 is 32.1. The zero-order valence-corrected chi connectivity index (χ0v) is 18.4. The number of benzene rings is 2. The lowest BCUT2D eigenvalue weighted by atomic mass is 9.86. The van der Waals surface area contributed by atoms with Gasteiger partial charge in [0.25, 0.3) is 0 Å². The number of ether oxygens (including phenoxy) is 1. The fourth-order valence-electron chi connectivity index (χ4n) is 3.45. The number of carbonyl (C=O) groups excluding carboxylic acids is 2. The Bertz CT molecular complexity index is 1090. The standard InChI is InChI=1S/C21H25N3O5S/c1-21(2)17-12-16(10-11-18(17)24(4)20(21)26)30(27,28)23(3)13-19(25)22-14-6-8-15(29-5)9-7-14/h6-12H,13H2,1-5H3,(H,22,25). The SMILES string of the molecule is COc1ccc(NC(=O)CN(C)S(=O)(=O)c2ccc3c(c2)C(C)(C)C(=O)N3C)cc1. The van der Waals surface area contributed by atoms with E-state index in [9.17, 15) is 18.0 Å². The van der Waals surface area contributed by atoms with Gasteiger partial charge in [-0.2, -0.15) is 4.31 Å². The van der Waals surface area contributed by atoms with Crippen LogP contribution in [0.25, 0.3) is 0 Å². The summed E-state index contributed by atoms with van der Waals surface area (Å²) in [5.41, 5.74) is 1.04. The average molecular weight is 432 g/mol. The maximum Gasteiger partial charge on any atom is 0.243 e. The first-order valence-corrected chi connectivity index (χ1v) is 10.8. The molecular weight excluding hydrogens is 406 g/mol. The van der Waals surface area contributed by atoms with Crippen molar-refractivity contribution in [3.63, 3.8) is 0 Å². The molecule has 0 aliphatic carbocycles. The topological polar surface area (TPSA) is 96.0 Å². The minimum atomic E-state index is -3.92. The van der Waals surface area contributed by atoms with Crippen LogP contribution >= 0.6 is 0 Å². The molecular formula is C21H25N3O5S. The van der Waals surface area contributed by atoms with Gasteiger partial charge in [-0.15, -0.1) is 0 Å². The number of anilines is 2. The number of sulfonamides is 1. The smallest absolute Gasteiger partial charge is 0.243 e. The maximum atomic E-state index is 13.0. The average Bonchev–Trinajstić information content (AvgIpc) is 2.88. The van der Waals surface area contributed by atoms with Crippen molar-refractivity contribution in [2.75, 3.05) is 38.0 Å². The van der Waals surface area contributed by atoms with E-state index in [0.717, 1.165) is 4.31 Å². The lowest BCUT2D eigenvalue weighted by molar-refractivity contribution is -0.121. The second-order valence-corrected chi connectivity index (χ2v) is 9.75. The van der Waals surface area contributed by atoms with Crippen LogP contribution in [0.5, 0.6) is 5.75 Å². The van der Waals surface area contributed by atoms with Gasteiger partial charge in [-0.25, -0.2) is 8.42 Å². The molecule has 8 nitrogen and oxygen atoms in total. The first-order valence-electron chi connectivity index (χ1n) is 9.31. The van der Waals surface area contributed by atoms with Gasteiger partial charge in [-0.1, -0.05) is 0 Å². The number of amides is 2. The Morgan fingerprint density at radius 2 is 1.80 bits per heavy atom. The lowest BCUT2D eigenvalue weighted by Gasteiger charge is -2.19. The van der Waals surface area contributed by atoms with E-state index in [-0.39, 0.29) is 17.3 Å². The fraction of sp³-hybridized carbons (Fsp3) is 0.333. The van der Waals surface area contributed by atoms with Crippen LogP contribution in [0.3, 0.4) is 0 Å². The van der Waals surface area contributed by atoms with E-state index >= 15 is 0 Å². The van der Waals surface area contributed by atoms with E-state index in [2.05, 4.69) is 5.32 Å². The molecule has 0 fully saturated rings. The van der Waals surface area contributed by atoms with Gasteiger partial charge in [0.2, 0.25) is 21.8 Å². The van der Waals surface area contributed by atoms with Gasteiger partial charge < -0.3 is 15.0 Å². The summed E-state index contributed by atoms with van der Waals surface area (Å²) in [6, 6.07) is 11.3. The normalized spacial score (nSPS) is 15.3. The summed E-state index contributed by atoms with van der Waals surface area (Å²) in [5.74, 6) is 0.0817. The van der Waals surface area contributed by atoms with Gasteiger partial charge in [-0.3, -0.25) is 9.59 Å². The molecule has 1 heterocycles. The molecule has 0 unspecified atom stereocenters. The molecule has 0 aromatic heterocycles. The molecule has 1 N–H and O–H groups in total. The summed E-state index contributed by atoms with van der Waals surface area (Å²) in [5, 5.41) is 2.66. The maximum absolute atomic E-state index is 13.0. The first kappa shape index (κ1) is 21.8. The molecule has 0 saturated carbocycles. The second-order valence-electron chi connectivity index (χ2n) is 7.71. The van der Waals surface area contributed by atoms with Crippen LogP contribution in [0.15, 0.2) is 47.4 Å². The van der Waals surface area contributed by atoms with E-state index < -0.39 is 21.3 Å². The Hall–Kier alpha value is -2.91. The Balaban J connectivity index is 1.77. The monoisotopic (exact) mass is 431 g/mol. The van der Waals surface area contributed by atoms with Gasteiger partial charge in [0, 0.05) is 25.5 Å². The Morgan fingerprint density at radius 3 is 2.40 bits per heavy atom. The van der Waals surface area contributed by atoms with Crippen LogP contribution in [0, 0.1) is 0 Å². The molecule has 0 bridgehead atoms. The van der Waals surface area contributed by atoms with E-state index in [1.807, 2.05) is 0 Å². The molecule has 0 radical (unpaired) electrons. The molecule has 9 heteroatoms. The van der Waals surface area contributed by atoms with E-state index in [1.54, 1.807) is 58.3 Å². The highest BCUT2D eigenvalue weighted by molar-refractivity contribution is 7.89. The van der Waals surface area contributed by atoms with E-state index in [4.69, 9.17) is 4.74 Å². The van der Waals surface area contributed by atoms with Gasteiger partial charge >= 0.3 is 0 Å². The highest BCUT2D eigenvalue weighted by Gasteiger charge is 2.43. The largest absolute Gasteiger partial charge is 0.497 e. The number of likely N-dealkylation sites (N-methyl/N-ethyl adjacent to an activating group) is 2. The van der Waals surface area contributed by atoms with Crippen LogP contribution in [-0.2, 0) is 25.0 Å². The summed E-state index contributed by atoms with van der Waals surface area (Å²) in [6.45, 7) is 3.17. The van der Waals surface area contributed by atoms with Crippen molar-refractivity contribution in [1.29, 1.82) is 0 Å². The molecule has 2 aromatic carbocycles. The summed E-state index contributed by atoms with van der Waals surface area (Å²) in [4.78, 5) is 26.3. The number of hydrogen-bond donors (Lipinski definition) is 1. The van der Waals surface area contributed by atoms with Crippen molar-refractivity contribution in [3.8, 4) is 5.75 Å². The van der Waals surface area contributed by atoms with Gasteiger partial charge in [0.1, 0.15) is 5.75 Å². The van der Waals surface area contributed by atoms with Crippen molar-refractivity contribution in [2.45, 2.75) is 24.2 Å². The Labute approximate surface area is 176 Å². The number of hydrogen-bond acceptors (Lipinski definition) is 5. The molecule has 0 saturated heterocycles. The molecule has 160 valence electrons. The third kappa shape index (κ3) is 3.78. The van der Waals surface area contributed by atoms with Crippen molar-refractivity contribution in [2.24, 2.45) is 0 Å². The predicted molar refractivity (Wildman–Crippen MR) is 114 cm³/mol. The number of methoxy groups -OCH3 is 1. The minimum Gasteiger partial charge on any atom is -0.497 e. The number of rotatable bonds is 6. The van der Waals surface area contributed by atoms with Crippen LogP contribution in [0.4, 0.5) is 11.4 Å². The molecule has 30 heavy (non-hydrogen) atoms. The summed E-state index contributed by atoms with van der Waals surface area (Å²) in [7, 11) is 0.634. The number of nitrogens with one attached hydrogen (secondary N) is 1. The minimum absolute atomic E-state index is 0.0390. The molecule has 1 aliphatic rings. The van der Waals surface area contributed by atoms with Crippen molar-refractivity contribution >= 4 is 33.2 Å². The highest BCUT2D eigenvalue weighted by Crippen LogP contribution is 2.41. The molecule has 3 rings (SSSR count). The molecule has 0 spiro atoms. The zero-order chi connectivity index (χ0) is 22.3. The quantitative estimate of drug-likeness (QED) is 0.757. The van der Waals surface area contributed by atoms with Gasteiger partial charge in [0.15, 0.2) is 0 Å². The Kier molecular flexibility index (Phi) is 5.62. The second kappa shape index (κ2) is 7.73. The highest BCUT2D eigenvalue weighted by atomic mass is 32.2. The number of fused-ring (bicyclic) bond motifs is 1. The van der Waals surface area contributed by atoms with Crippen molar-refractivity contribution < 1.29 is 22.7 Å². The molecule has 2 amide bonds. The van der Waals surface area contributed by atoms with Crippen LogP contribution in [-0.4, -0.2) is 52.3 Å². The first-order chi connectivity index (χ1) is 14.0. The van der Waals surface area contributed by atoms with Crippen molar-refractivity contribution in [3.05, 3.63) is 48.0 Å². The van der Waals surface area contributed by atoms with Crippen LogP contribution < -0.4 is 15.0 Å². The zero-order valence-electron chi connectivity index (χ0n) is 17.6. The Morgan fingerprint density at radius 1 is 1.17 bits per heavy atom.